The number of hydrogen-bond acceptors (Lipinski definition) is 2. The van der Waals surface area contributed by atoms with Gasteiger partial charge in [-0.3, -0.25) is 4.90 Å². The summed E-state index contributed by atoms with van der Waals surface area (Å²) in [6.07, 6.45) is 2.58. The fourth-order valence-electron chi connectivity index (χ4n) is 1.83. The van der Waals surface area contributed by atoms with E-state index in [1.165, 1.54) is 19.4 Å². The van der Waals surface area contributed by atoms with E-state index in [4.69, 9.17) is 0 Å². The van der Waals surface area contributed by atoms with Crippen LogP contribution in [0.25, 0.3) is 0 Å². The van der Waals surface area contributed by atoms with Gasteiger partial charge in [0.2, 0.25) is 0 Å². The molecule has 2 nitrogen and oxygen atoms in total. The lowest BCUT2D eigenvalue weighted by molar-refractivity contribution is 0.0953. The number of piperazine rings is 1. The molecular formula is C9H20N2. The maximum absolute atomic E-state index is 3.45. The third-order valence-electron chi connectivity index (χ3n) is 2.84. The highest BCUT2D eigenvalue weighted by atomic mass is 15.2. The Morgan fingerprint density at radius 1 is 1.55 bits per heavy atom. The van der Waals surface area contributed by atoms with Crippen molar-refractivity contribution in [2.45, 2.75) is 32.2 Å². The maximum Gasteiger partial charge on any atom is 0.0303 e. The fraction of sp³-hybridized carbons (Fsp3) is 1.00. The Bertz CT molecular complexity index is 121. The average molecular weight is 156 g/mol. The first-order chi connectivity index (χ1) is 5.19. The Morgan fingerprint density at radius 3 is 2.82 bits per heavy atom. The van der Waals surface area contributed by atoms with Gasteiger partial charge >= 0.3 is 0 Å². The summed E-state index contributed by atoms with van der Waals surface area (Å²) in [5, 5.41) is 3.45. The Balaban J connectivity index is 2.49. The number of rotatable bonds is 2. The Morgan fingerprint density at radius 2 is 2.27 bits per heavy atom. The second-order valence-electron chi connectivity index (χ2n) is 3.85. The lowest BCUT2D eigenvalue weighted by atomic mass is 9.92. The highest BCUT2D eigenvalue weighted by Crippen LogP contribution is 2.20. The third-order valence-corrected chi connectivity index (χ3v) is 2.84. The van der Waals surface area contributed by atoms with E-state index >= 15 is 0 Å². The average Bonchev–Trinajstić information content (AvgIpc) is 1.96. The molecule has 1 aliphatic heterocycles. The van der Waals surface area contributed by atoms with Gasteiger partial charge in [0.05, 0.1) is 0 Å². The highest BCUT2D eigenvalue weighted by Gasteiger charge is 2.30. The van der Waals surface area contributed by atoms with Gasteiger partial charge in [-0.25, -0.2) is 0 Å². The zero-order chi connectivity index (χ0) is 8.32. The van der Waals surface area contributed by atoms with E-state index in [0.29, 0.717) is 5.54 Å². The van der Waals surface area contributed by atoms with Gasteiger partial charge in [0.1, 0.15) is 0 Å². The van der Waals surface area contributed by atoms with Crippen LogP contribution in [0.5, 0.6) is 0 Å². The largest absolute Gasteiger partial charge is 0.314 e. The van der Waals surface area contributed by atoms with Crippen LogP contribution in [0, 0.1) is 0 Å². The molecule has 0 aromatic carbocycles. The SMILES string of the molecule is CCCC1(C)CNCCN1C. The highest BCUT2D eigenvalue weighted by molar-refractivity contribution is 4.89. The van der Waals surface area contributed by atoms with Crippen LogP contribution in [0.1, 0.15) is 26.7 Å². The number of nitrogens with zero attached hydrogens (tertiary/aromatic N) is 1. The smallest absolute Gasteiger partial charge is 0.0303 e. The first-order valence-corrected chi connectivity index (χ1v) is 4.61. The summed E-state index contributed by atoms with van der Waals surface area (Å²) in [5.74, 6) is 0. The lowest BCUT2D eigenvalue weighted by Crippen LogP contribution is -2.57. The molecule has 1 atom stereocenters. The van der Waals surface area contributed by atoms with E-state index in [-0.39, 0.29) is 0 Å². The number of hydrogen-bond donors (Lipinski definition) is 1. The van der Waals surface area contributed by atoms with Crippen LogP contribution in [-0.2, 0) is 0 Å². The summed E-state index contributed by atoms with van der Waals surface area (Å²) in [6.45, 7) is 8.10. The number of nitrogens with one attached hydrogen (secondary N) is 1. The van der Waals surface area contributed by atoms with Gasteiger partial charge in [0, 0.05) is 25.2 Å². The first kappa shape index (κ1) is 9.01. The molecule has 1 heterocycles. The van der Waals surface area contributed by atoms with Crippen LogP contribution in [0.4, 0.5) is 0 Å². The molecular weight excluding hydrogens is 136 g/mol. The molecule has 0 bridgehead atoms. The molecule has 66 valence electrons. The van der Waals surface area contributed by atoms with E-state index in [1.807, 2.05) is 0 Å². The van der Waals surface area contributed by atoms with Crippen LogP contribution in [0.3, 0.4) is 0 Å². The minimum atomic E-state index is 0.410. The fourth-order valence-corrected chi connectivity index (χ4v) is 1.83. The van der Waals surface area contributed by atoms with E-state index in [9.17, 15) is 0 Å². The standard InChI is InChI=1S/C9H20N2/c1-4-5-9(2)8-10-6-7-11(9)3/h10H,4-8H2,1-3H3. The zero-order valence-corrected chi connectivity index (χ0v) is 7.98. The predicted octanol–water partition coefficient (Wildman–Crippen LogP) is 1.08. The molecule has 1 aliphatic rings. The summed E-state index contributed by atoms with van der Waals surface area (Å²) in [4.78, 5) is 2.48. The van der Waals surface area contributed by atoms with Crippen LogP contribution >= 0.6 is 0 Å². The van der Waals surface area contributed by atoms with E-state index < -0.39 is 0 Å². The minimum Gasteiger partial charge on any atom is -0.314 e. The molecule has 1 rings (SSSR count). The van der Waals surface area contributed by atoms with E-state index in [1.54, 1.807) is 0 Å². The molecule has 1 N–H and O–H groups in total. The topological polar surface area (TPSA) is 15.3 Å². The van der Waals surface area contributed by atoms with Crippen molar-refractivity contribution in [3.8, 4) is 0 Å². The molecule has 0 radical (unpaired) electrons. The summed E-state index contributed by atoms with van der Waals surface area (Å²) in [7, 11) is 2.23. The summed E-state index contributed by atoms with van der Waals surface area (Å²) < 4.78 is 0. The quantitative estimate of drug-likeness (QED) is 0.643. The zero-order valence-electron chi connectivity index (χ0n) is 7.98. The predicted molar refractivity (Wildman–Crippen MR) is 48.8 cm³/mol. The van der Waals surface area contributed by atoms with Crippen LogP contribution in [0.15, 0.2) is 0 Å². The second-order valence-corrected chi connectivity index (χ2v) is 3.85. The molecule has 0 amide bonds. The van der Waals surface area contributed by atoms with Crippen LogP contribution in [-0.4, -0.2) is 37.1 Å². The molecule has 1 fully saturated rings. The van der Waals surface area contributed by atoms with Crippen molar-refractivity contribution in [2.24, 2.45) is 0 Å². The molecule has 11 heavy (non-hydrogen) atoms. The van der Waals surface area contributed by atoms with Crippen LogP contribution < -0.4 is 5.32 Å². The Hall–Kier alpha value is -0.0800. The maximum atomic E-state index is 3.45. The minimum absolute atomic E-state index is 0.410. The normalized spacial score (nSPS) is 34.1. The molecule has 1 unspecified atom stereocenters. The van der Waals surface area contributed by atoms with Crippen molar-refractivity contribution in [2.75, 3.05) is 26.7 Å². The summed E-state index contributed by atoms with van der Waals surface area (Å²) in [6, 6.07) is 0. The van der Waals surface area contributed by atoms with Crippen molar-refractivity contribution in [3.63, 3.8) is 0 Å². The third kappa shape index (κ3) is 1.94. The molecule has 0 aliphatic carbocycles. The summed E-state index contributed by atoms with van der Waals surface area (Å²) in [5.41, 5.74) is 0.410. The number of likely N-dealkylation sites (N-methyl/N-ethyl adjacent to an activating group) is 1. The van der Waals surface area contributed by atoms with E-state index in [0.717, 1.165) is 13.1 Å². The van der Waals surface area contributed by atoms with Crippen molar-refractivity contribution >= 4 is 0 Å². The Kier molecular flexibility index (Phi) is 2.90. The van der Waals surface area contributed by atoms with Crippen molar-refractivity contribution < 1.29 is 0 Å². The van der Waals surface area contributed by atoms with Crippen LogP contribution in [0.2, 0.25) is 0 Å². The van der Waals surface area contributed by atoms with E-state index in [2.05, 4.69) is 31.1 Å². The van der Waals surface area contributed by atoms with Crippen molar-refractivity contribution in [1.82, 2.24) is 10.2 Å². The molecule has 0 spiro atoms. The molecule has 2 heteroatoms. The summed E-state index contributed by atoms with van der Waals surface area (Å²) >= 11 is 0. The van der Waals surface area contributed by atoms with Gasteiger partial charge < -0.3 is 5.32 Å². The monoisotopic (exact) mass is 156 g/mol. The van der Waals surface area contributed by atoms with Gasteiger partial charge in [-0.15, -0.1) is 0 Å². The van der Waals surface area contributed by atoms with Gasteiger partial charge in [-0.2, -0.15) is 0 Å². The van der Waals surface area contributed by atoms with Gasteiger partial charge in [-0.05, 0) is 20.4 Å². The Labute approximate surface area is 70.0 Å². The first-order valence-electron chi connectivity index (χ1n) is 4.61. The van der Waals surface area contributed by atoms with Gasteiger partial charge in [0.25, 0.3) is 0 Å². The molecule has 0 aromatic heterocycles. The van der Waals surface area contributed by atoms with Crippen molar-refractivity contribution in [1.29, 1.82) is 0 Å². The van der Waals surface area contributed by atoms with Crippen molar-refractivity contribution in [3.05, 3.63) is 0 Å². The molecule has 0 aromatic rings. The molecule has 0 saturated carbocycles. The molecule has 1 saturated heterocycles. The van der Waals surface area contributed by atoms with Gasteiger partial charge in [-0.1, -0.05) is 13.3 Å². The lowest BCUT2D eigenvalue weighted by Gasteiger charge is -2.43. The second kappa shape index (κ2) is 3.55. The van der Waals surface area contributed by atoms with Gasteiger partial charge in [0.15, 0.2) is 0 Å².